The predicted molar refractivity (Wildman–Crippen MR) is 144 cm³/mol. The molecule has 0 unspecified atom stereocenters. The van der Waals surface area contributed by atoms with Crippen molar-refractivity contribution in [3.05, 3.63) is 82.2 Å². The van der Waals surface area contributed by atoms with E-state index in [0.29, 0.717) is 11.5 Å². The van der Waals surface area contributed by atoms with Gasteiger partial charge in [0.1, 0.15) is 18.1 Å². The molecule has 1 aliphatic heterocycles. The number of thiophene rings is 1. The van der Waals surface area contributed by atoms with Crippen molar-refractivity contribution in [2.24, 2.45) is 5.92 Å². The van der Waals surface area contributed by atoms with E-state index in [0.717, 1.165) is 69.2 Å². The highest BCUT2D eigenvalue weighted by atomic mass is 32.1. The van der Waals surface area contributed by atoms with Crippen molar-refractivity contribution in [3.8, 4) is 22.6 Å². The standard InChI is InChI=1S/C30H31NO3S/c1-19-13-14-31(18-19)15-16-34-24-10-7-22(8-11-24)28-25-12-9-23(32)17-26(25)35-30(28)29(33)27-20(2)5-4-6-21(27)3/h4-12,17,19,32H,13-16,18H2,1-3H3/t19-/m1/s1. The summed E-state index contributed by atoms with van der Waals surface area (Å²) >= 11 is 1.44. The first-order valence-corrected chi connectivity index (χ1v) is 13.0. The molecule has 5 rings (SSSR count). The molecule has 1 N–H and O–H groups in total. The number of hydrogen-bond acceptors (Lipinski definition) is 5. The molecule has 180 valence electrons. The van der Waals surface area contributed by atoms with Crippen LogP contribution in [-0.4, -0.2) is 42.0 Å². The van der Waals surface area contributed by atoms with Gasteiger partial charge < -0.3 is 9.84 Å². The van der Waals surface area contributed by atoms with Crippen molar-refractivity contribution < 1.29 is 14.6 Å². The van der Waals surface area contributed by atoms with Gasteiger partial charge in [0.25, 0.3) is 0 Å². The molecule has 0 saturated carbocycles. The Morgan fingerprint density at radius 1 is 1.09 bits per heavy atom. The van der Waals surface area contributed by atoms with Crippen molar-refractivity contribution in [1.82, 2.24) is 4.90 Å². The molecule has 1 aromatic heterocycles. The molecule has 2 heterocycles. The lowest BCUT2D eigenvalue weighted by Gasteiger charge is -2.15. The molecule has 1 fully saturated rings. The topological polar surface area (TPSA) is 49.8 Å². The molecule has 0 amide bonds. The second kappa shape index (κ2) is 9.84. The largest absolute Gasteiger partial charge is 0.508 e. The zero-order valence-corrected chi connectivity index (χ0v) is 21.3. The van der Waals surface area contributed by atoms with Gasteiger partial charge in [-0.15, -0.1) is 11.3 Å². The maximum absolute atomic E-state index is 13.8. The van der Waals surface area contributed by atoms with E-state index in [9.17, 15) is 9.90 Å². The third-order valence-corrected chi connectivity index (χ3v) is 8.07. The van der Waals surface area contributed by atoms with E-state index < -0.39 is 0 Å². The van der Waals surface area contributed by atoms with Crippen LogP contribution in [0.2, 0.25) is 0 Å². The van der Waals surface area contributed by atoms with Gasteiger partial charge in [0, 0.05) is 34.3 Å². The van der Waals surface area contributed by atoms with Gasteiger partial charge in [-0.05, 0) is 79.8 Å². The number of likely N-dealkylation sites (tertiary alicyclic amines) is 1. The summed E-state index contributed by atoms with van der Waals surface area (Å²) in [7, 11) is 0. The van der Waals surface area contributed by atoms with Gasteiger partial charge in [-0.2, -0.15) is 0 Å². The molecule has 4 aromatic rings. The summed E-state index contributed by atoms with van der Waals surface area (Å²) in [6.07, 6.45) is 1.27. The second-order valence-electron chi connectivity index (χ2n) is 9.65. The second-order valence-corrected chi connectivity index (χ2v) is 10.7. The van der Waals surface area contributed by atoms with Crippen LogP contribution in [0.1, 0.15) is 39.7 Å². The SMILES string of the molecule is Cc1cccc(C)c1C(=O)c1sc2cc(O)ccc2c1-c1ccc(OCCN2CC[C@@H](C)C2)cc1. The van der Waals surface area contributed by atoms with Gasteiger partial charge in [-0.25, -0.2) is 0 Å². The highest BCUT2D eigenvalue weighted by Gasteiger charge is 2.24. The molecule has 0 aliphatic carbocycles. The van der Waals surface area contributed by atoms with E-state index in [1.807, 2.05) is 62.4 Å². The number of carbonyl (C=O) groups is 1. The van der Waals surface area contributed by atoms with Gasteiger partial charge in [0.2, 0.25) is 5.78 Å². The van der Waals surface area contributed by atoms with Crippen molar-refractivity contribution in [3.63, 3.8) is 0 Å². The molecular weight excluding hydrogens is 454 g/mol. The minimum atomic E-state index is 0.0245. The number of phenols is 1. The molecule has 1 atom stereocenters. The number of ether oxygens (including phenoxy) is 1. The van der Waals surface area contributed by atoms with E-state index >= 15 is 0 Å². The lowest BCUT2D eigenvalue weighted by Crippen LogP contribution is -2.25. The van der Waals surface area contributed by atoms with Crippen molar-refractivity contribution in [2.75, 3.05) is 26.2 Å². The average Bonchev–Trinajstić information content (AvgIpc) is 3.42. The summed E-state index contributed by atoms with van der Waals surface area (Å²) in [6, 6.07) is 19.3. The van der Waals surface area contributed by atoms with Crippen molar-refractivity contribution in [1.29, 1.82) is 0 Å². The van der Waals surface area contributed by atoms with Gasteiger partial charge in [0.05, 0.1) is 4.88 Å². The predicted octanol–water partition coefficient (Wildman–Crippen LogP) is 6.84. The number of nitrogens with zero attached hydrogens (tertiary/aromatic N) is 1. The normalized spacial score (nSPS) is 16.1. The van der Waals surface area contributed by atoms with Crippen molar-refractivity contribution >= 4 is 27.2 Å². The van der Waals surface area contributed by atoms with Gasteiger partial charge >= 0.3 is 0 Å². The lowest BCUT2D eigenvalue weighted by atomic mass is 9.94. The van der Waals surface area contributed by atoms with Crippen LogP contribution >= 0.6 is 11.3 Å². The van der Waals surface area contributed by atoms with Gasteiger partial charge in [-0.1, -0.05) is 37.3 Å². The summed E-state index contributed by atoms with van der Waals surface area (Å²) in [5.41, 5.74) is 4.57. The number of phenolic OH excluding ortho intramolecular Hbond substituents is 1. The average molecular weight is 486 g/mol. The minimum absolute atomic E-state index is 0.0245. The zero-order valence-electron chi connectivity index (χ0n) is 20.5. The van der Waals surface area contributed by atoms with Gasteiger partial charge in [0.15, 0.2) is 0 Å². The first-order chi connectivity index (χ1) is 16.9. The zero-order chi connectivity index (χ0) is 24.5. The minimum Gasteiger partial charge on any atom is -0.508 e. The lowest BCUT2D eigenvalue weighted by molar-refractivity contribution is 0.104. The molecule has 0 spiro atoms. The van der Waals surface area contributed by atoms with Gasteiger partial charge in [-0.3, -0.25) is 9.69 Å². The molecule has 4 nitrogen and oxygen atoms in total. The summed E-state index contributed by atoms with van der Waals surface area (Å²) in [4.78, 5) is 17.0. The molecule has 3 aromatic carbocycles. The third-order valence-electron chi connectivity index (χ3n) is 6.92. The quantitative estimate of drug-likeness (QED) is 0.291. The van der Waals surface area contributed by atoms with Crippen LogP contribution in [0.5, 0.6) is 11.5 Å². The van der Waals surface area contributed by atoms with Crippen LogP contribution in [-0.2, 0) is 0 Å². The van der Waals surface area contributed by atoms with Crippen LogP contribution in [0.3, 0.4) is 0 Å². The Bertz CT molecular complexity index is 1350. The maximum Gasteiger partial charge on any atom is 0.204 e. The fraction of sp³-hybridized carbons (Fsp3) is 0.300. The number of benzene rings is 3. The first kappa shape index (κ1) is 23.6. The Hall–Kier alpha value is -3.15. The summed E-state index contributed by atoms with van der Waals surface area (Å²) in [6.45, 7) is 10.2. The molecule has 1 saturated heterocycles. The Labute approximate surface area is 210 Å². The highest BCUT2D eigenvalue weighted by molar-refractivity contribution is 7.21. The van der Waals surface area contributed by atoms with Crippen LogP contribution in [0.4, 0.5) is 0 Å². The fourth-order valence-electron chi connectivity index (χ4n) is 5.06. The Balaban J connectivity index is 1.46. The first-order valence-electron chi connectivity index (χ1n) is 12.2. The van der Waals surface area contributed by atoms with Crippen molar-refractivity contribution in [2.45, 2.75) is 27.2 Å². The number of ketones is 1. The molecule has 35 heavy (non-hydrogen) atoms. The maximum atomic E-state index is 13.8. The summed E-state index contributed by atoms with van der Waals surface area (Å²) in [5.74, 6) is 1.83. The van der Waals surface area contributed by atoms with Crippen LogP contribution in [0, 0.1) is 19.8 Å². The van der Waals surface area contributed by atoms with E-state index in [-0.39, 0.29) is 11.5 Å². The van der Waals surface area contributed by atoms with E-state index in [1.54, 1.807) is 12.1 Å². The Kier molecular flexibility index (Phi) is 6.63. The summed E-state index contributed by atoms with van der Waals surface area (Å²) < 4.78 is 6.92. The monoisotopic (exact) mass is 485 g/mol. The fourth-order valence-corrected chi connectivity index (χ4v) is 6.26. The number of carbonyl (C=O) groups excluding carboxylic acids is 1. The highest BCUT2D eigenvalue weighted by Crippen LogP contribution is 2.42. The number of hydrogen-bond donors (Lipinski definition) is 1. The molecular formula is C30H31NO3S. The third kappa shape index (κ3) is 4.84. The Morgan fingerprint density at radius 3 is 2.51 bits per heavy atom. The molecule has 5 heteroatoms. The van der Waals surface area contributed by atoms with E-state index in [2.05, 4.69) is 11.8 Å². The number of rotatable bonds is 7. The smallest absolute Gasteiger partial charge is 0.204 e. The Morgan fingerprint density at radius 2 is 1.83 bits per heavy atom. The summed E-state index contributed by atoms with van der Waals surface area (Å²) in [5, 5.41) is 11.0. The van der Waals surface area contributed by atoms with Crippen LogP contribution in [0.15, 0.2) is 60.7 Å². The van der Waals surface area contributed by atoms with E-state index in [4.69, 9.17) is 4.74 Å². The molecule has 0 radical (unpaired) electrons. The number of fused-ring (bicyclic) bond motifs is 1. The number of aryl methyl sites for hydroxylation is 2. The van der Waals surface area contributed by atoms with Crippen LogP contribution < -0.4 is 4.74 Å². The molecule has 1 aliphatic rings. The number of aromatic hydroxyl groups is 1. The van der Waals surface area contributed by atoms with Crippen LogP contribution in [0.25, 0.3) is 21.2 Å². The van der Waals surface area contributed by atoms with E-state index in [1.165, 1.54) is 17.8 Å². The molecule has 0 bridgehead atoms.